The Kier molecular flexibility index (Phi) is 5.94. The number of fused-ring (bicyclic) bond motifs is 1. The fourth-order valence-electron chi connectivity index (χ4n) is 3.19. The summed E-state index contributed by atoms with van der Waals surface area (Å²) in [6.07, 6.45) is -2.50. The fourth-order valence-corrected chi connectivity index (χ4v) is 3.19. The summed E-state index contributed by atoms with van der Waals surface area (Å²) >= 11 is 0. The third-order valence-corrected chi connectivity index (χ3v) is 4.99. The molecule has 0 atom stereocenters. The Labute approximate surface area is 175 Å². The van der Waals surface area contributed by atoms with E-state index in [0.717, 1.165) is 25.0 Å². The van der Waals surface area contributed by atoms with Gasteiger partial charge in [-0.05, 0) is 31.0 Å². The number of carbonyl (C=O) groups excluding carboxylic acids is 1. The molecule has 2 N–H and O–H groups in total. The van der Waals surface area contributed by atoms with Gasteiger partial charge < -0.3 is 15.0 Å². The number of amides is 1. The number of alkyl halides is 4. The zero-order valence-electron chi connectivity index (χ0n) is 16.5. The predicted molar refractivity (Wildman–Crippen MR) is 105 cm³/mol. The van der Waals surface area contributed by atoms with Gasteiger partial charge in [0.25, 0.3) is 0 Å². The number of hydrogen-bond donors (Lipinski definition) is 2. The summed E-state index contributed by atoms with van der Waals surface area (Å²) < 4.78 is 56.5. The predicted octanol–water partition coefficient (Wildman–Crippen LogP) is 3.75. The molecule has 31 heavy (non-hydrogen) atoms. The van der Waals surface area contributed by atoms with Crippen molar-refractivity contribution < 1.29 is 27.1 Å². The fraction of sp³-hybridized carbons (Fsp3) is 0.450. The summed E-state index contributed by atoms with van der Waals surface area (Å²) in [4.78, 5) is 21.7. The van der Waals surface area contributed by atoms with E-state index in [0.29, 0.717) is 37.3 Å². The molecule has 0 bridgehead atoms. The first kappa shape index (κ1) is 21.3. The Hall–Kier alpha value is -2.95. The minimum atomic E-state index is -4.50. The molecule has 1 aliphatic carbocycles. The number of anilines is 2. The van der Waals surface area contributed by atoms with Crippen molar-refractivity contribution in [2.24, 2.45) is 0 Å². The van der Waals surface area contributed by atoms with E-state index in [1.807, 2.05) is 4.90 Å². The highest BCUT2D eigenvalue weighted by molar-refractivity contribution is 5.88. The highest BCUT2D eigenvalue weighted by Crippen LogP contribution is 2.36. The molecule has 11 heteroatoms. The van der Waals surface area contributed by atoms with Gasteiger partial charge in [-0.15, -0.1) is 0 Å². The molecule has 1 saturated carbocycles. The van der Waals surface area contributed by atoms with E-state index in [1.165, 1.54) is 6.20 Å². The summed E-state index contributed by atoms with van der Waals surface area (Å²) in [6.45, 7) is 2.42. The number of piperazine rings is 1. The number of pyridine rings is 2. The van der Waals surface area contributed by atoms with E-state index in [9.17, 15) is 22.4 Å². The van der Waals surface area contributed by atoms with Crippen molar-refractivity contribution in [2.75, 3.05) is 36.4 Å². The van der Waals surface area contributed by atoms with E-state index in [2.05, 4.69) is 20.6 Å². The second kappa shape index (κ2) is 8.66. The largest absolute Gasteiger partial charge is 0.444 e. The summed E-state index contributed by atoms with van der Waals surface area (Å²) in [5.74, 6) is 0.541. The van der Waals surface area contributed by atoms with Crippen LogP contribution in [-0.2, 0) is 17.5 Å². The minimum absolute atomic E-state index is 0.0781. The van der Waals surface area contributed by atoms with Crippen molar-refractivity contribution in [1.82, 2.24) is 15.3 Å². The molecule has 7 nitrogen and oxygen atoms in total. The molecule has 2 aromatic heterocycles. The van der Waals surface area contributed by atoms with Crippen LogP contribution in [0.1, 0.15) is 24.0 Å². The average Bonchev–Trinajstić information content (AvgIpc) is 3.55. The van der Waals surface area contributed by atoms with E-state index in [-0.39, 0.29) is 23.9 Å². The monoisotopic (exact) mass is 439 g/mol. The average molecular weight is 439 g/mol. The molecule has 4 heterocycles. The third kappa shape index (κ3) is 5.22. The minimum Gasteiger partial charge on any atom is -0.444 e. The maximum atomic E-state index is 13.5. The number of aromatic nitrogens is 2. The van der Waals surface area contributed by atoms with Crippen LogP contribution in [0.4, 0.5) is 34.0 Å². The van der Waals surface area contributed by atoms with Crippen molar-refractivity contribution >= 4 is 17.7 Å². The summed E-state index contributed by atoms with van der Waals surface area (Å²) in [6, 6.07) is 3.65. The lowest BCUT2D eigenvalue weighted by atomic mass is 10.0. The number of carbonyl (C=O) groups is 1. The van der Waals surface area contributed by atoms with Crippen LogP contribution in [-0.4, -0.2) is 48.4 Å². The van der Waals surface area contributed by atoms with E-state index in [4.69, 9.17) is 4.74 Å². The van der Waals surface area contributed by atoms with Crippen LogP contribution in [0.2, 0.25) is 0 Å². The van der Waals surface area contributed by atoms with Gasteiger partial charge >= 0.3 is 12.3 Å². The molecular weight excluding hydrogens is 418 g/mol. The van der Waals surface area contributed by atoms with Gasteiger partial charge in [0, 0.05) is 43.5 Å². The molecule has 0 unspecified atom stereocenters. The molecule has 1 saturated heterocycles. The molecule has 2 aliphatic heterocycles. The standard InChI is InChI=1S/C17H16F3N5O2.C3H5F/c18-17(19,20)10-7-13(23-14(8-10)25-5-3-21-4-6-25)11-1-2-22-15-12(11)9-27-16(26)24-15;4-3-1-2-3/h1-2,7-8,21H,3-6,9H2,(H,22,24,26);3H,1-2H2. The Morgan fingerprint density at radius 1 is 1.16 bits per heavy atom. The molecule has 2 aromatic rings. The first-order valence-corrected chi connectivity index (χ1v) is 9.92. The number of halogens is 4. The van der Waals surface area contributed by atoms with Crippen LogP contribution >= 0.6 is 0 Å². The number of nitrogens with zero attached hydrogens (tertiary/aromatic N) is 3. The van der Waals surface area contributed by atoms with Crippen molar-refractivity contribution in [2.45, 2.75) is 31.8 Å². The molecule has 3 aliphatic rings. The van der Waals surface area contributed by atoms with Gasteiger partial charge in [0.1, 0.15) is 24.4 Å². The Morgan fingerprint density at radius 3 is 2.52 bits per heavy atom. The first-order chi connectivity index (χ1) is 14.8. The second-order valence-corrected chi connectivity index (χ2v) is 7.40. The lowest BCUT2D eigenvalue weighted by Gasteiger charge is -2.29. The molecule has 166 valence electrons. The van der Waals surface area contributed by atoms with Gasteiger partial charge in [-0.2, -0.15) is 13.2 Å². The number of nitrogens with one attached hydrogen (secondary N) is 2. The van der Waals surface area contributed by atoms with Gasteiger partial charge in [0.05, 0.1) is 11.3 Å². The first-order valence-electron chi connectivity index (χ1n) is 9.92. The van der Waals surface area contributed by atoms with E-state index >= 15 is 0 Å². The summed E-state index contributed by atoms with van der Waals surface area (Å²) in [5, 5.41) is 5.62. The lowest BCUT2D eigenvalue weighted by Crippen LogP contribution is -2.44. The number of ether oxygens (including phenoxy) is 1. The SMILES string of the molecule is FC1CC1.O=C1Nc2nccc(-c3cc(C(F)(F)F)cc(N4CCNCC4)n3)c2CO1. The van der Waals surface area contributed by atoms with Crippen molar-refractivity contribution in [3.05, 3.63) is 35.5 Å². The third-order valence-electron chi connectivity index (χ3n) is 4.99. The van der Waals surface area contributed by atoms with Gasteiger partial charge in [-0.3, -0.25) is 5.32 Å². The summed E-state index contributed by atoms with van der Waals surface area (Å²) in [7, 11) is 0. The topological polar surface area (TPSA) is 79.4 Å². The van der Waals surface area contributed by atoms with Gasteiger partial charge in [0.15, 0.2) is 0 Å². The zero-order chi connectivity index (χ0) is 22.0. The zero-order valence-corrected chi connectivity index (χ0v) is 16.5. The number of hydrogen-bond acceptors (Lipinski definition) is 6. The smallest absolute Gasteiger partial charge is 0.416 e. The normalized spacial score (nSPS) is 18.3. The van der Waals surface area contributed by atoms with Crippen molar-refractivity contribution in [1.29, 1.82) is 0 Å². The lowest BCUT2D eigenvalue weighted by molar-refractivity contribution is -0.137. The molecule has 2 fully saturated rings. The van der Waals surface area contributed by atoms with Gasteiger partial charge in [0.2, 0.25) is 0 Å². The second-order valence-electron chi connectivity index (χ2n) is 7.40. The number of rotatable bonds is 2. The molecule has 0 aromatic carbocycles. The number of cyclic esters (lactones) is 1. The molecule has 5 rings (SSSR count). The Bertz CT molecular complexity index is 959. The maximum Gasteiger partial charge on any atom is 0.416 e. The van der Waals surface area contributed by atoms with E-state index < -0.39 is 24.0 Å². The Morgan fingerprint density at radius 2 is 1.87 bits per heavy atom. The Balaban J connectivity index is 0.000000520. The van der Waals surface area contributed by atoms with Crippen molar-refractivity contribution in [3.8, 4) is 11.3 Å². The highest BCUT2D eigenvalue weighted by atomic mass is 19.4. The van der Waals surface area contributed by atoms with Crippen molar-refractivity contribution in [3.63, 3.8) is 0 Å². The molecule has 1 amide bonds. The molecule has 0 spiro atoms. The molecular formula is C20H21F4N5O2. The highest BCUT2D eigenvalue weighted by Gasteiger charge is 2.33. The van der Waals surface area contributed by atoms with Gasteiger partial charge in [-0.25, -0.2) is 19.2 Å². The molecule has 0 radical (unpaired) electrons. The summed E-state index contributed by atoms with van der Waals surface area (Å²) in [5.41, 5.74) is 0.335. The van der Waals surface area contributed by atoms with Crippen LogP contribution in [0.15, 0.2) is 24.4 Å². The maximum absolute atomic E-state index is 13.5. The van der Waals surface area contributed by atoms with Crippen LogP contribution in [0, 0.1) is 0 Å². The van der Waals surface area contributed by atoms with Crippen LogP contribution in [0.5, 0.6) is 0 Å². The quantitative estimate of drug-likeness (QED) is 0.694. The van der Waals surface area contributed by atoms with Crippen LogP contribution < -0.4 is 15.5 Å². The van der Waals surface area contributed by atoms with Crippen LogP contribution in [0.3, 0.4) is 0 Å². The van der Waals surface area contributed by atoms with E-state index in [1.54, 1.807) is 6.07 Å². The van der Waals surface area contributed by atoms with Gasteiger partial charge in [-0.1, -0.05) is 0 Å². The van der Waals surface area contributed by atoms with Crippen LogP contribution in [0.25, 0.3) is 11.3 Å².